The fraction of sp³-hybridized carbons (Fsp3) is 0.381. The molecule has 1 N–H and O–H groups in total. The average molecular weight is 403 g/mol. The van der Waals surface area contributed by atoms with Gasteiger partial charge >= 0.3 is 0 Å². The monoisotopic (exact) mass is 402 g/mol. The molecule has 2 aromatic rings. The van der Waals surface area contributed by atoms with E-state index in [1.54, 1.807) is 35.2 Å². The molecule has 3 rings (SSSR count). The van der Waals surface area contributed by atoms with Crippen LogP contribution in [0.25, 0.3) is 6.08 Å². The second-order valence-electron chi connectivity index (χ2n) is 7.24. The van der Waals surface area contributed by atoms with Crippen LogP contribution in [0.5, 0.6) is 0 Å². The van der Waals surface area contributed by atoms with Crippen molar-refractivity contribution >= 4 is 22.0 Å². The smallest absolute Gasteiger partial charge is 0.246 e. The molecule has 150 valence electrons. The summed E-state index contributed by atoms with van der Waals surface area (Å²) in [4.78, 5) is 14.5. The molecule has 1 aliphatic heterocycles. The van der Waals surface area contributed by atoms with Crippen molar-refractivity contribution in [1.29, 1.82) is 0 Å². The van der Waals surface area contributed by atoms with Crippen LogP contribution in [0.1, 0.15) is 29.9 Å². The molecular weight excluding hydrogens is 376 g/mol. The van der Waals surface area contributed by atoms with Gasteiger partial charge < -0.3 is 9.32 Å². The molecule has 6 nitrogen and oxygen atoms in total. The maximum Gasteiger partial charge on any atom is 0.246 e. The van der Waals surface area contributed by atoms with Gasteiger partial charge in [0, 0.05) is 25.7 Å². The standard InChI is InChI=1S/C21H26N2O4S/c1-16-5-10-20(11-6-16)28(25,26)22-14-18-4-3-13-23(15-18)21(24)12-9-19-8-7-17(2)27-19/h5-12,18,22H,3-4,13-15H2,1-2H3/b12-9-/t18-/m0/s1. The fourth-order valence-electron chi connectivity index (χ4n) is 3.26. The quantitative estimate of drug-likeness (QED) is 0.753. The summed E-state index contributed by atoms with van der Waals surface area (Å²) in [5.41, 5.74) is 1.01. The van der Waals surface area contributed by atoms with Crippen LogP contribution in [0, 0.1) is 19.8 Å². The van der Waals surface area contributed by atoms with E-state index in [4.69, 9.17) is 4.42 Å². The van der Waals surface area contributed by atoms with Crippen LogP contribution in [0.4, 0.5) is 0 Å². The Labute approximate surface area is 166 Å². The molecule has 1 amide bonds. The Hall–Kier alpha value is -2.38. The molecule has 0 aliphatic carbocycles. The van der Waals surface area contributed by atoms with Crippen molar-refractivity contribution in [2.24, 2.45) is 5.92 Å². The number of amides is 1. The summed E-state index contributed by atoms with van der Waals surface area (Å²) in [6, 6.07) is 10.4. The van der Waals surface area contributed by atoms with Crippen LogP contribution in [-0.4, -0.2) is 38.9 Å². The van der Waals surface area contributed by atoms with Crippen LogP contribution < -0.4 is 4.72 Å². The first-order valence-electron chi connectivity index (χ1n) is 9.43. The van der Waals surface area contributed by atoms with E-state index in [1.165, 1.54) is 6.08 Å². The number of likely N-dealkylation sites (tertiary alicyclic amines) is 1. The average Bonchev–Trinajstić information content (AvgIpc) is 3.10. The zero-order valence-electron chi connectivity index (χ0n) is 16.2. The molecule has 0 saturated carbocycles. The van der Waals surface area contributed by atoms with Crippen LogP contribution in [0.2, 0.25) is 0 Å². The Balaban J connectivity index is 1.55. The predicted octanol–water partition coefficient (Wildman–Crippen LogP) is 3.13. The van der Waals surface area contributed by atoms with Crippen LogP contribution >= 0.6 is 0 Å². The second kappa shape index (κ2) is 8.75. The fourth-order valence-corrected chi connectivity index (χ4v) is 4.38. The van der Waals surface area contributed by atoms with Crippen LogP contribution in [0.15, 0.2) is 51.8 Å². The highest BCUT2D eigenvalue weighted by Gasteiger charge is 2.24. The van der Waals surface area contributed by atoms with Crippen molar-refractivity contribution in [2.75, 3.05) is 19.6 Å². The van der Waals surface area contributed by atoms with E-state index < -0.39 is 10.0 Å². The van der Waals surface area contributed by atoms with Crippen molar-refractivity contribution in [2.45, 2.75) is 31.6 Å². The van der Waals surface area contributed by atoms with E-state index in [2.05, 4.69) is 4.72 Å². The summed E-state index contributed by atoms with van der Waals surface area (Å²) in [7, 11) is -3.54. The summed E-state index contributed by atoms with van der Waals surface area (Å²) in [6.07, 6.45) is 4.92. The summed E-state index contributed by atoms with van der Waals surface area (Å²) in [5.74, 6) is 1.45. The molecule has 1 aromatic heterocycles. The first kappa shape index (κ1) is 20.4. The highest BCUT2D eigenvalue weighted by atomic mass is 32.2. The zero-order chi connectivity index (χ0) is 20.1. The minimum absolute atomic E-state index is 0.0832. The first-order valence-corrected chi connectivity index (χ1v) is 10.9. The number of piperidine rings is 1. The van der Waals surface area contributed by atoms with Crippen molar-refractivity contribution in [3.8, 4) is 0 Å². The molecule has 0 radical (unpaired) electrons. The Bertz CT molecular complexity index is 945. The molecule has 1 saturated heterocycles. The number of hydrogen-bond donors (Lipinski definition) is 1. The molecule has 1 atom stereocenters. The minimum atomic E-state index is -3.54. The van der Waals surface area contributed by atoms with Gasteiger partial charge in [-0.25, -0.2) is 13.1 Å². The van der Waals surface area contributed by atoms with Gasteiger partial charge in [-0.2, -0.15) is 0 Å². The largest absolute Gasteiger partial charge is 0.462 e. The Morgan fingerprint density at radius 2 is 1.96 bits per heavy atom. The third-order valence-corrected chi connectivity index (χ3v) is 6.31. The summed E-state index contributed by atoms with van der Waals surface area (Å²) in [6.45, 7) is 5.31. The van der Waals surface area contributed by atoms with E-state index in [-0.39, 0.29) is 16.7 Å². The number of benzene rings is 1. The van der Waals surface area contributed by atoms with Crippen molar-refractivity contribution in [3.63, 3.8) is 0 Å². The van der Waals surface area contributed by atoms with Crippen molar-refractivity contribution in [3.05, 3.63) is 59.6 Å². The molecule has 7 heteroatoms. The first-order chi connectivity index (χ1) is 13.3. The van der Waals surface area contributed by atoms with E-state index in [9.17, 15) is 13.2 Å². The lowest BCUT2D eigenvalue weighted by molar-refractivity contribution is -0.127. The summed E-state index contributed by atoms with van der Waals surface area (Å²) >= 11 is 0. The van der Waals surface area contributed by atoms with Gasteiger partial charge in [-0.05, 0) is 62.9 Å². The van der Waals surface area contributed by atoms with Crippen LogP contribution in [0.3, 0.4) is 0 Å². The number of furan rings is 1. The van der Waals surface area contributed by atoms with Gasteiger partial charge in [-0.3, -0.25) is 4.79 Å². The van der Waals surface area contributed by atoms with E-state index in [0.717, 1.165) is 24.2 Å². The topological polar surface area (TPSA) is 79.6 Å². The van der Waals surface area contributed by atoms with Gasteiger partial charge in [-0.15, -0.1) is 0 Å². The predicted molar refractivity (Wildman–Crippen MR) is 108 cm³/mol. The molecule has 28 heavy (non-hydrogen) atoms. The Morgan fingerprint density at radius 1 is 1.21 bits per heavy atom. The number of carbonyl (C=O) groups is 1. The Morgan fingerprint density at radius 3 is 2.64 bits per heavy atom. The van der Waals surface area contributed by atoms with Crippen LogP contribution in [-0.2, 0) is 14.8 Å². The van der Waals surface area contributed by atoms with Gasteiger partial charge in [-0.1, -0.05) is 17.7 Å². The number of nitrogens with zero attached hydrogens (tertiary/aromatic N) is 1. The van der Waals surface area contributed by atoms with Gasteiger partial charge in [0.15, 0.2) is 0 Å². The van der Waals surface area contributed by atoms with Gasteiger partial charge in [0.05, 0.1) is 4.90 Å². The summed E-state index contributed by atoms with van der Waals surface area (Å²) in [5, 5.41) is 0. The van der Waals surface area contributed by atoms with E-state index in [0.29, 0.717) is 25.4 Å². The molecule has 2 heterocycles. The zero-order valence-corrected chi connectivity index (χ0v) is 17.0. The molecule has 0 spiro atoms. The number of rotatable bonds is 6. The van der Waals surface area contributed by atoms with E-state index >= 15 is 0 Å². The lowest BCUT2D eigenvalue weighted by atomic mass is 9.98. The molecule has 0 unspecified atom stereocenters. The minimum Gasteiger partial charge on any atom is -0.462 e. The SMILES string of the molecule is Cc1ccc(S(=O)(=O)NC[C@@H]2CCCN(C(=O)/C=C\c3ccc(C)o3)C2)cc1. The van der Waals surface area contributed by atoms with E-state index in [1.807, 2.05) is 26.0 Å². The number of aryl methyl sites for hydroxylation is 2. The number of carbonyl (C=O) groups excluding carboxylic acids is 1. The molecule has 1 aromatic carbocycles. The molecule has 1 fully saturated rings. The Kier molecular flexibility index (Phi) is 6.36. The molecular formula is C21H26N2O4S. The van der Waals surface area contributed by atoms with Gasteiger partial charge in [0.1, 0.15) is 11.5 Å². The number of hydrogen-bond acceptors (Lipinski definition) is 4. The van der Waals surface area contributed by atoms with Gasteiger partial charge in [0.25, 0.3) is 0 Å². The third kappa shape index (κ3) is 5.33. The highest BCUT2D eigenvalue weighted by molar-refractivity contribution is 7.89. The molecule has 1 aliphatic rings. The third-order valence-electron chi connectivity index (χ3n) is 4.88. The lowest BCUT2D eigenvalue weighted by Crippen LogP contribution is -2.43. The maximum atomic E-state index is 12.4. The summed E-state index contributed by atoms with van der Waals surface area (Å²) < 4.78 is 33.0. The normalized spacial score (nSPS) is 17.9. The second-order valence-corrected chi connectivity index (χ2v) is 9.01. The van der Waals surface area contributed by atoms with Crippen molar-refractivity contribution < 1.29 is 17.6 Å². The molecule has 0 bridgehead atoms. The number of nitrogens with one attached hydrogen (secondary N) is 1. The van der Waals surface area contributed by atoms with Crippen molar-refractivity contribution in [1.82, 2.24) is 9.62 Å². The highest BCUT2D eigenvalue weighted by Crippen LogP contribution is 2.18. The lowest BCUT2D eigenvalue weighted by Gasteiger charge is -2.32. The maximum absolute atomic E-state index is 12.4. The van der Waals surface area contributed by atoms with Gasteiger partial charge in [0.2, 0.25) is 15.9 Å². The number of sulfonamides is 1.